The molecule has 16 aromatic rings. The Hall–Kier alpha value is -9.30. The van der Waals surface area contributed by atoms with Crippen LogP contribution in [0.5, 0.6) is 0 Å². The molecule has 54 heteroatoms. The average Bonchev–Trinajstić information content (AvgIpc) is 1.28. The van der Waals surface area contributed by atoms with Crippen LogP contribution in [0.25, 0.3) is 109 Å². The number of aromatic amines is 3. The molecule has 46 nitrogen and oxygen atoms in total. The summed E-state index contributed by atoms with van der Waals surface area (Å²) in [4.78, 5) is 125. The third-order valence-corrected chi connectivity index (χ3v) is 34.5. The zero-order valence-corrected chi connectivity index (χ0v) is 84.2. The Labute approximate surface area is 834 Å². The van der Waals surface area contributed by atoms with Crippen molar-refractivity contribution < 1.29 is 145 Å². The second-order valence-corrected chi connectivity index (χ2v) is 47.8. The molecule has 766 valence electrons. The maximum Gasteiger partial charge on any atom is 0.472 e. The molecule has 9 aliphatic rings. The Morgan fingerprint density at radius 1 is 0.377 bits per heavy atom. The number of imidazole rings is 3. The molecule has 0 saturated carbocycles. The molecule has 9 saturated heterocycles. The molecule has 6 bridgehead atoms. The number of fused-ring (bicyclic) bond motifs is 13. The topological polar surface area (TPSA) is 593 Å². The largest absolute Gasteiger partial charge is 0.472 e. The third-order valence-electron chi connectivity index (χ3n) is 27.3. The van der Waals surface area contributed by atoms with Crippen molar-refractivity contribution in [2.24, 2.45) is 0 Å². The van der Waals surface area contributed by atoms with Gasteiger partial charge in [-0.1, -0.05) is 164 Å². The number of thiol groups is 1. The van der Waals surface area contributed by atoms with E-state index in [4.69, 9.17) is 99.2 Å². The fourth-order valence-corrected chi connectivity index (χ4v) is 27.6. The number of phosphoric ester groups is 4. The Morgan fingerprint density at radius 3 is 1.16 bits per heavy atom. The van der Waals surface area contributed by atoms with Crippen molar-refractivity contribution >= 4 is 178 Å². The first-order valence-electron chi connectivity index (χ1n) is 46.4. The van der Waals surface area contributed by atoms with Crippen molar-refractivity contribution in [3.63, 3.8) is 0 Å². The van der Waals surface area contributed by atoms with Crippen molar-refractivity contribution in [2.75, 3.05) is 46.2 Å². The van der Waals surface area contributed by atoms with Crippen molar-refractivity contribution in [3.8, 4) is 0 Å². The summed E-state index contributed by atoms with van der Waals surface area (Å²) in [7, 11) is -19.2. The van der Waals surface area contributed by atoms with Crippen molar-refractivity contribution in [1.82, 2.24) is 58.6 Å². The van der Waals surface area contributed by atoms with Gasteiger partial charge in [-0.2, -0.15) is 0 Å². The number of phosphoric acid groups is 4. The minimum Gasteiger partial charge on any atom is -0.387 e. The molecule has 9 aliphatic heterocycles. The fraction of sp³-hybridized carbons (Fsp3) is 0.380. The Bertz CT molecular complexity index is 7960. The highest BCUT2D eigenvalue weighted by molar-refractivity contribution is 8.44. The standard InChI is InChI=1S/2C32H30N4O11P2S.C28H32N4O12P2/c2*1-15-34-30-27(31(38)35-15)33-14-36(30)32-29-28(37)24(45-32)13-42-48(39,40)46-22-11-21(44-23(22)12-43-49(41,50)47-29)19-9-7-18-6-5-16-3-2-4-17-8-10-20(19)26(18)25(16)17;1-3-38-24-22-13-40-45(34,35)43-20-11-19(18-10-6-8-16-7-4-5-9-17(16)18)41-21(20)12-39-46(36,37)44-25(24)28(42-22)32-14-29-23-26(32)30-15(2)31-27(23)33/h2*2-10,14,21-24,28-29,32,37H,11-13H2,1H3,(H,39,40)(H,41,50)(H,34,35,38);4-10,14,19-22,24-25,28H,3,11-13H2,1-2H3,(H,34,35)(H,36,37)(H,30,31,33)/t2*21-,22-,23-,24-,28?,29+,32-,49?;19-,20-,21-,22-,24?,25+,28-/m111/s1. The second kappa shape index (κ2) is 38.9. The van der Waals surface area contributed by atoms with Crippen molar-refractivity contribution in [3.05, 3.63) is 236 Å². The van der Waals surface area contributed by atoms with Gasteiger partial charge in [0.15, 0.2) is 52.2 Å². The third kappa shape index (κ3) is 19.2. The Kier molecular flexibility index (Phi) is 26.6. The molecule has 6 aromatic heterocycles. The number of aliphatic hydroxyl groups excluding tert-OH is 2. The molecule has 27 atom stereocenters. The van der Waals surface area contributed by atoms with Crippen LogP contribution < -0.4 is 16.7 Å². The van der Waals surface area contributed by atoms with E-state index < -0.39 is 223 Å². The molecule has 9 fully saturated rings. The van der Waals surface area contributed by atoms with Crippen LogP contribution in [0.1, 0.15) is 97.3 Å². The van der Waals surface area contributed by atoms with Gasteiger partial charge >= 0.3 is 44.8 Å². The van der Waals surface area contributed by atoms with Gasteiger partial charge in [0.1, 0.15) is 109 Å². The van der Waals surface area contributed by atoms with E-state index in [9.17, 15) is 71.9 Å². The minimum absolute atomic E-state index is 0.00172. The minimum atomic E-state index is -4.88. The van der Waals surface area contributed by atoms with Gasteiger partial charge in [-0.05, 0) is 132 Å². The first-order chi connectivity index (χ1) is 69.9. The molecule has 10 N–H and O–H groups in total. The first-order valence-corrected chi connectivity index (χ1v) is 57.6. The normalized spacial score (nSPS) is 34.4. The molecular formula is C92H92N12O34P6S2. The number of ether oxygens (including phenoxy) is 7. The fourth-order valence-electron chi connectivity index (χ4n) is 20.9. The van der Waals surface area contributed by atoms with Crippen molar-refractivity contribution in [2.45, 2.75) is 176 Å². The Balaban J connectivity index is 0.000000121. The summed E-state index contributed by atoms with van der Waals surface area (Å²) in [5, 5.41) is 37.3. The predicted molar refractivity (Wildman–Crippen MR) is 526 cm³/mol. The molecule has 146 heavy (non-hydrogen) atoms. The smallest absolute Gasteiger partial charge is 0.387 e. The number of hydrogen-bond acceptors (Lipinski definition) is 36. The molecule has 15 heterocycles. The van der Waals surface area contributed by atoms with Gasteiger partial charge in [0.25, 0.3) is 16.7 Å². The van der Waals surface area contributed by atoms with E-state index in [2.05, 4.69) is 118 Å². The lowest BCUT2D eigenvalue weighted by Crippen LogP contribution is -2.38. The SMILES string of the molecule is CCOC1[C@H]2COP(=O)(O)O[C@@H]3C[C@H](c4cccc5ccccc45)O[C@@H]3COP(=O)(O)O[C@@H]1[C@H](n1cnc3c(=O)[nH]c(C)nc31)O2.Cc1nc2c(ncn2[C@@H]2O[C@@H]3COP(=O)(O)O[C@@H]4C[C@H](c5ccc6ccc7cccc8ccc5c6c78)O[C@@H]4COP(=O)(S)O[C@H]2C3O)c(=O)[nH]1.Cc1nc2c(ncn2[C@@H]2O[C@@H]3COP(=O)(O)O[C@@H]4C[C@H](c5ccc6ccc7cccc8ccc5c6c78)O[C@@H]4COP(O)(=S)O[C@H]2C3O)c(=O)[nH]1. The van der Waals surface area contributed by atoms with Crippen LogP contribution in [0.4, 0.5) is 0 Å². The summed E-state index contributed by atoms with van der Waals surface area (Å²) >= 11 is 9.58. The summed E-state index contributed by atoms with van der Waals surface area (Å²) in [5.74, 6) is 0.874. The lowest BCUT2D eigenvalue weighted by molar-refractivity contribution is -0.0647. The quantitative estimate of drug-likeness (QED) is 0.0382. The molecule has 0 radical (unpaired) electrons. The molecule has 10 aromatic carbocycles. The highest BCUT2D eigenvalue weighted by Crippen LogP contribution is 2.62. The average molecular weight is 2160 g/mol. The van der Waals surface area contributed by atoms with E-state index in [0.717, 1.165) is 92.1 Å². The summed E-state index contributed by atoms with van der Waals surface area (Å²) in [6.45, 7) is -4.91. The number of nitrogens with one attached hydrogen (secondary N) is 3. The lowest BCUT2D eigenvalue weighted by Gasteiger charge is -2.27. The summed E-state index contributed by atoms with van der Waals surface area (Å²) < 4.78 is 182. The predicted octanol–water partition coefficient (Wildman–Crippen LogP) is 12.7. The molecule has 9 unspecified atom stereocenters. The maximum atomic E-state index is 13.7. The number of nitrogens with zero attached hydrogens (tertiary/aromatic N) is 9. The monoisotopic (exact) mass is 2160 g/mol. The highest BCUT2D eigenvalue weighted by atomic mass is 32.7. The number of aliphatic hydroxyl groups is 2. The van der Waals surface area contributed by atoms with Gasteiger partial charge in [0.05, 0.1) is 76.9 Å². The van der Waals surface area contributed by atoms with Gasteiger partial charge in [0, 0.05) is 25.9 Å². The van der Waals surface area contributed by atoms with E-state index in [1.54, 1.807) is 27.7 Å². The van der Waals surface area contributed by atoms with E-state index in [0.29, 0.717) is 11.6 Å². The molecule has 25 rings (SSSR count). The summed E-state index contributed by atoms with van der Waals surface area (Å²) in [6, 6.07) is 50.2. The van der Waals surface area contributed by atoms with Crippen LogP contribution in [0.15, 0.2) is 185 Å². The zero-order chi connectivity index (χ0) is 101. The van der Waals surface area contributed by atoms with E-state index in [1.807, 2.05) is 91.0 Å². The van der Waals surface area contributed by atoms with Crippen LogP contribution in [-0.2, 0) is 122 Å². The van der Waals surface area contributed by atoms with Crippen LogP contribution >= 0.6 is 57.1 Å². The van der Waals surface area contributed by atoms with Crippen LogP contribution in [0, 0.1) is 20.8 Å². The van der Waals surface area contributed by atoms with Crippen LogP contribution in [-0.4, -0.2) is 231 Å². The molecular weight excluding hydrogens is 2070 g/mol. The molecule has 0 spiro atoms. The van der Waals surface area contributed by atoms with Gasteiger partial charge in [-0.3, -0.25) is 77.8 Å². The van der Waals surface area contributed by atoms with Crippen LogP contribution in [0.3, 0.4) is 0 Å². The Morgan fingerprint density at radius 2 is 0.719 bits per heavy atom. The number of aromatic nitrogens is 12. The second-order valence-electron chi connectivity index (χ2n) is 36.5. The number of benzene rings is 10. The number of H-pyrrole nitrogens is 3. The summed E-state index contributed by atoms with van der Waals surface area (Å²) in [5.41, 5.74) is 1.34. The number of hydrogen-bond donors (Lipinski definition) is 11. The number of aryl methyl sites for hydroxylation is 3. The lowest BCUT2D eigenvalue weighted by atomic mass is 9.90. The first kappa shape index (κ1) is 99.9. The van der Waals surface area contributed by atoms with Gasteiger partial charge in [0.2, 0.25) is 0 Å². The molecule has 0 amide bonds. The number of rotatable bonds is 8. The van der Waals surface area contributed by atoms with E-state index in [1.165, 1.54) is 32.7 Å². The summed E-state index contributed by atoms with van der Waals surface area (Å²) in [6.07, 6.45) is -19.3. The van der Waals surface area contributed by atoms with Crippen molar-refractivity contribution in [1.29, 1.82) is 0 Å². The van der Waals surface area contributed by atoms with E-state index >= 15 is 0 Å². The van der Waals surface area contributed by atoms with Crippen LogP contribution in [0.2, 0.25) is 0 Å². The van der Waals surface area contributed by atoms with Gasteiger partial charge in [-0.15, -0.1) is 0 Å². The highest BCUT2D eigenvalue weighted by Gasteiger charge is 2.57. The maximum absolute atomic E-state index is 13.7. The van der Waals surface area contributed by atoms with Gasteiger partial charge in [-0.25, -0.2) is 52.7 Å². The van der Waals surface area contributed by atoms with Gasteiger partial charge < -0.3 is 87.3 Å². The zero-order valence-electron chi connectivity index (χ0n) is 77.1. The molecule has 0 aliphatic carbocycles. The van der Waals surface area contributed by atoms with E-state index in [-0.39, 0.29) is 71.8 Å².